The number of para-hydroxylation sites is 1. The van der Waals surface area contributed by atoms with Crippen LogP contribution >= 0.6 is 11.3 Å². The highest BCUT2D eigenvalue weighted by Gasteiger charge is 2.66. The van der Waals surface area contributed by atoms with Crippen LogP contribution in [0.15, 0.2) is 73.1 Å². The highest BCUT2D eigenvalue weighted by Crippen LogP contribution is 2.72. The van der Waals surface area contributed by atoms with Gasteiger partial charge in [0.1, 0.15) is 0 Å². The van der Waals surface area contributed by atoms with E-state index in [-0.39, 0.29) is 33.4 Å². The standard InChI is InChI=1S/C42H42N6O4S/c1-5-52-42-21-39(3)18-40(4,22-42)20-41(19-39,23-42)24-48-25(2)30(17-44-48)27-13-14-31(45-35(27)37(50)51)26-15-29-28(9-8-11-32(29)43-16-26)36(49)47-38-46-33-10-6-7-12-34(33)53-38/h6-17H,5,18-24H2,1-4H3,(H,50,51)(H,46,47,49). The molecule has 4 fully saturated rings. The smallest absolute Gasteiger partial charge is 0.355 e. The lowest BCUT2D eigenvalue weighted by Gasteiger charge is -2.69. The van der Waals surface area contributed by atoms with E-state index in [0.29, 0.717) is 38.4 Å². The number of rotatable bonds is 9. The van der Waals surface area contributed by atoms with Crippen molar-refractivity contribution >= 4 is 49.5 Å². The number of carboxylic acid groups (broad SMARTS) is 1. The van der Waals surface area contributed by atoms with Crippen molar-refractivity contribution in [1.29, 1.82) is 0 Å². The number of nitrogens with zero attached hydrogens (tertiary/aromatic N) is 5. The number of aromatic carboxylic acids is 1. The molecular formula is C42H42N6O4S. The van der Waals surface area contributed by atoms with Gasteiger partial charge in [-0.1, -0.05) is 43.4 Å². The summed E-state index contributed by atoms with van der Waals surface area (Å²) in [4.78, 5) is 40.2. The number of hydrogen-bond donors (Lipinski definition) is 2. The molecule has 10 rings (SSSR count). The van der Waals surface area contributed by atoms with Crippen molar-refractivity contribution in [3.05, 3.63) is 90.0 Å². The highest BCUT2D eigenvalue weighted by molar-refractivity contribution is 7.22. The lowest BCUT2D eigenvalue weighted by atomic mass is 9.39. The molecule has 4 aliphatic rings. The molecule has 270 valence electrons. The van der Waals surface area contributed by atoms with Crippen LogP contribution in [0.4, 0.5) is 5.13 Å². The Hall–Kier alpha value is -5.00. The van der Waals surface area contributed by atoms with Crippen LogP contribution in [0.25, 0.3) is 43.5 Å². The summed E-state index contributed by atoms with van der Waals surface area (Å²) in [5.41, 5.74) is 5.58. The fraction of sp³-hybridized carbons (Fsp3) is 0.381. The third-order valence-electron chi connectivity index (χ3n) is 11.9. The minimum Gasteiger partial charge on any atom is -0.476 e. The van der Waals surface area contributed by atoms with Crippen molar-refractivity contribution in [1.82, 2.24) is 24.7 Å². The van der Waals surface area contributed by atoms with Gasteiger partial charge in [-0.15, -0.1) is 0 Å². The van der Waals surface area contributed by atoms with Crippen LogP contribution in [-0.4, -0.2) is 53.9 Å². The Kier molecular flexibility index (Phi) is 7.66. The maximum absolute atomic E-state index is 13.5. The van der Waals surface area contributed by atoms with Crippen molar-refractivity contribution in [2.45, 2.75) is 78.4 Å². The predicted octanol–water partition coefficient (Wildman–Crippen LogP) is 9.18. The quantitative estimate of drug-likeness (QED) is 0.151. The van der Waals surface area contributed by atoms with E-state index in [2.05, 4.69) is 45.7 Å². The highest BCUT2D eigenvalue weighted by atomic mass is 32.1. The number of aromatic nitrogens is 5. The molecule has 2 atom stereocenters. The van der Waals surface area contributed by atoms with E-state index in [1.807, 2.05) is 55.5 Å². The van der Waals surface area contributed by atoms with Crippen molar-refractivity contribution < 1.29 is 19.4 Å². The lowest BCUT2D eigenvalue weighted by Crippen LogP contribution is -2.64. The van der Waals surface area contributed by atoms with Crippen LogP contribution in [-0.2, 0) is 11.3 Å². The first-order valence-electron chi connectivity index (χ1n) is 18.3. The Labute approximate surface area is 311 Å². The number of hydrogen-bond acceptors (Lipinski definition) is 8. The number of amides is 1. The number of fused-ring (bicyclic) bond motifs is 2. The molecule has 2 unspecified atom stereocenters. The van der Waals surface area contributed by atoms with Gasteiger partial charge in [0.15, 0.2) is 10.8 Å². The van der Waals surface area contributed by atoms with Crippen LogP contribution in [0, 0.1) is 23.2 Å². The van der Waals surface area contributed by atoms with Gasteiger partial charge in [0, 0.05) is 52.7 Å². The predicted molar refractivity (Wildman–Crippen MR) is 206 cm³/mol. The summed E-state index contributed by atoms with van der Waals surface area (Å²) in [5, 5.41) is 19.4. The molecule has 0 radical (unpaired) electrons. The van der Waals surface area contributed by atoms with Gasteiger partial charge in [0.2, 0.25) is 0 Å². The maximum Gasteiger partial charge on any atom is 0.355 e. The Morgan fingerprint density at radius 3 is 2.43 bits per heavy atom. The van der Waals surface area contributed by atoms with Gasteiger partial charge in [0.05, 0.1) is 33.2 Å². The second-order valence-electron chi connectivity index (χ2n) is 16.5. The van der Waals surface area contributed by atoms with Gasteiger partial charge in [-0.2, -0.15) is 5.10 Å². The molecule has 53 heavy (non-hydrogen) atoms. The van der Waals surface area contributed by atoms with E-state index in [0.717, 1.165) is 66.7 Å². The molecule has 2 aromatic carbocycles. The van der Waals surface area contributed by atoms with Crippen LogP contribution < -0.4 is 5.32 Å². The number of carboxylic acids is 1. The van der Waals surface area contributed by atoms with Crippen molar-refractivity contribution in [3.8, 4) is 22.4 Å². The van der Waals surface area contributed by atoms with Crippen LogP contribution in [0.5, 0.6) is 0 Å². The Balaban J connectivity index is 1.02. The van der Waals surface area contributed by atoms with Gasteiger partial charge < -0.3 is 9.84 Å². The average Bonchev–Trinajstić information content (AvgIpc) is 3.67. The van der Waals surface area contributed by atoms with Gasteiger partial charge >= 0.3 is 5.97 Å². The Morgan fingerprint density at radius 1 is 0.906 bits per heavy atom. The van der Waals surface area contributed by atoms with Crippen molar-refractivity contribution in [3.63, 3.8) is 0 Å². The van der Waals surface area contributed by atoms with Crippen molar-refractivity contribution in [2.24, 2.45) is 16.2 Å². The monoisotopic (exact) mass is 726 g/mol. The van der Waals surface area contributed by atoms with E-state index < -0.39 is 5.97 Å². The Morgan fingerprint density at radius 2 is 1.68 bits per heavy atom. The molecule has 4 heterocycles. The van der Waals surface area contributed by atoms with Gasteiger partial charge in [-0.25, -0.2) is 14.8 Å². The summed E-state index contributed by atoms with van der Waals surface area (Å²) in [6, 6.07) is 18.6. The van der Waals surface area contributed by atoms with Crippen LogP contribution in [0.3, 0.4) is 0 Å². The molecule has 0 aliphatic heterocycles. The van der Waals surface area contributed by atoms with Crippen molar-refractivity contribution in [2.75, 3.05) is 11.9 Å². The second kappa shape index (κ2) is 12.0. The van der Waals surface area contributed by atoms with Gasteiger partial charge in [-0.05, 0) is 111 Å². The number of carbonyl (C=O) groups is 2. The van der Waals surface area contributed by atoms with Gasteiger partial charge in [-0.3, -0.25) is 19.8 Å². The zero-order valence-corrected chi connectivity index (χ0v) is 31.2. The summed E-state index contributed by atoms with van der Waals surface area (Å²) in [6.07, 6.45) is 10.3. The molecule has 0 saturated heterocycles. The summed E-state index contributed by atoms with van der Waals surface area (Å²) in [7, 11) is 0. The lowest BCUT2D eigenvalue weighted by molar-refractivity contribution is -0.246. The maximum atomic E-state index is 13.5. The second-order valence-corrected chi connectivity index (χ2v) is 17.6. The topological polar surface area (TPSA) is 132 Å². The molecule has 4 saturated carbocycles. The van der Waals surface area contributed by atoms with Gasteiger partial charge in [0.25, 0.3) is 5.91 Å². The van der Waals surface area contributed by atoms with E-state index >= 15 is 0 Å². The molecular weight excluding hydrogens is 685 g/mol. The first-order valence-corrected chi connectivity index (χ1v) is 19.2. The molecule has 6 aromatic rings. The summed E-state index contributed by atoms with van der Waals surface area (Å²) in [5.74, 6) is -1.43. The zero-order chi connectivity index (χ0) is 36.8. The first kappa shape index (κ1) is 33.8. The van der Waals surface area contributed by atoms with Crippen LogP contribution in [0.1, 0.15) is 85.8 Å². The fourth-order valence-corrected chi connectivity index (χ4v) is 12.1. The third kappa shape index (κ3) is 5.81. The molecule has 4 bridgehead atoms. The molecule has 2 N–H and O–H groups in total. The number of nitrogens with one attached hydrogen (secondary N) is 1. The van der Waals surface area contributed by atoms with E-state index in [1.54, 1.807) is 24.5 Å². The summed E-state index contributed by atoms with van der Waals surface area (Å²) >= 11 is 1.41. The van der Waals surface area contributed by atoms with E-state index in [9.17, 15) is 14.7 Å². The normalized spacial score (nSPS) is 26.0. The largest absolute Gasteiger partial charge is 0.476 e. The number of benzene rings is 2. The molecule has 4 aromatic heterocycles. The minimum absolute atomic E-state index is 0.0581. The molecule has 10 nitrogen and oxygen atoms in total. The SMILES string of the molecule is CCOC12CC3(C)CC(C)(CC(Cn4ncc(-c5ccc(-c6cnc7cccc(C(=O)Nc8nc9ccccc9s8)c7c6)nc5C(=O)O)c4C)(C3)C1)C2. The first-order chi connectivity index (χ1) is 25.4. The zero-order valence-electron chi connectivity index (χ0n) is 30.4. The molecule has 1 amide bonds. The van der Waals surface area contributed by atoms with Crippen LogP contribution in [0.2, 0.25) is 0 Å². The Bertz CT molecular complexity index is 2420. The number of pyridine rings is 2. The molecule has 11 heteroatoms. The average molecular weight is 727 g/mol. The van der Waals surface area contributed by atoms with E-state index in [4.69, 9.17) is 9.84 Å². The number of ether oxygens (including phenoxy) is 1. The van der Waals surface area contributed by atoms with E-state index in [1.165, 1.54) is 17.8 Å². The summed E-state index contributed by atoms with van der Waals surface area (Å²) in [6.45, 7) is 10.5. The number of thiazole rings is 1. The third-order valence-corrected chi connectivity index (χ3v) is 12.8. The molecule has 4 aliphatic carbocycles. The molecule has 0 spiro atoms. The number of carbonyl (C=O) groups excluding carboxylic acids is 1. The summed E-state index contributed by atoms with van der Waals surface area (Å²) < 4.78 is 9.65. The minimum atomic E-state index is -1.13. The number of anilines is 1. The fourth-order valence-electron chi connectivity index (χ4n) is 11.2.